The van der Waals surface area contributed by atoms with Crippen LogP contribution in [0.3, 0.4) is 0 Å². The fraction of sp³-hybridized carbons (Fsp3) is 0.562. The molecule has 0 N–H and O–H groups in total. The quantitative estimate of drug-likeness (QED) is 0.768. The normalized spacial score (nSPS) is 13.2. The Kier molecular flexibility index (Phi) is 5.26. The van der Waals surface area contributed by atoms with Crippen molar-refractivity contribution in [2.24, 2.45) is 0 Å². The number of carbonyl (C=O) groups is 1. The van der Waals surface area contributed by atoms with Gasteiger partial charge in [-0.05, 0) is 50.3 Å². The van der Waals surface area contributed by atoms with Crippen LogP contribution < -0.4 is 0 Å². The van der Waals surface area contributed by atoms with Crippen molar-refractivity contribution in [3.05, 3.63) is 34.9 Å². The number of halogens is 2. The summed E-state index contributed by atoms with van der Waals surface area (Å²) in [5, 5.41) is 0. The van der Waals surface area contributed by atoms with Crippen LogP contribution >= 0.6 is 0 Å². The van der Waals surface area contributed by atoms with E-state index in [1.807, 2.05) is 0 Å². The van der Waals surface area contributed by atoms with Crippen molar-refractivity contribution in [1.82, 2.24) is 0 Å². The molecule has 1 rings (SSSR count). The maximum Gasteiger partial charge on any atom is 0.306 e. The van der Waals surface area contributed by atoms with Crippen molar-refractivity contribution in [2.45, 2.75) is 59.0 Å². The van der Waals surface area contributed by atoms with Gasteiger partial charge in [-0.25, -0.2) is 8.78 Å². The Bertz CT molecular complexity index is 490. The minimum atomic E-state index is -0.620. The molecule has 0 bridgehead atoms. The molecule has 0 aliphatic rings. The van der Waals surface area contributed by atoms with E-state index in [1.54, 1.807) is 34.6 Å². The van der Waals surface area contributed by atoms with Gasteiger partial charge >= 0.3 is 5.97 Å². The number of benzene rings is 1. The Morgan fingerprint density at radius 2 is 1.90 bits per heavy atom. The first-order valence-corrected chi connectivity index (χ1v) is 6.83. The molecule has 20 heavy (non-hydrogen) atoms. The molecule has 2 nitrogen and oxygen atoms in total. The molecule has 0 amide bonds. The smallest absolute Gasteiger partial charge is 0.306 e. The molecule has 1 unspecified atom stereocenters. The first-order chi connectivity index (χ1) is 9.14. The third kappa shape index (κ3) is 4.58. The van der Waals surface area contributed by atoms with E-state index in [9.17, 15) is 13.6 Å². The molecule has 1 atom stereocenters. The Hall–Kier alpha value is -1.45. The summed E-state index contributed by atoms with van der Waals surface area (Å²) < 4.78 is 32.3. The van der Waals surface area contributed by atoms with Crippen molar-refractivity contribution < 1.29 is 18.3 Å². The van der Waals surface area contributed by atoms with Gasteiger partial charge in [0.2, 0.25) is 0 Å². The highest BCUT2D eigenvalue weighted by atomic mass is 19.1. The summed E-state index contributed by atoms with van der Waals surface area (Å²) in [5.74, 6) is -1.83. The number of ether oxygens (including phenoxy) is 1. The lowest BCUT2D eigenvalue weighted by atomic mass is 9.91. The summed E-state index contributed by atoms with van der Waals surface area (Å²) >= 11 is 0. The summed E-state index contributed by atoms with van der Waals surface area (Å²) in [5.41, 5.74) is 0.440. The lowest BCUT2D eigenvalue weighted by Crippen LogP contribution is -2.24. The van der Waals surface area contributed by atoms with Crippen molar-refractivity contribution in [2.75, 3.05) is 0 Å². The summed E-state index contributed by atoms with van der Waals surface area (Å²) in [7, 11) is 0. The van der Waals surface area contributed by atoms with E-state index < -0.39 is 17.2 Å². The maximum absolute atomic E-state index is 13.7. The first kappa shape index (κ1) is 16.6. The largest absolute Gasteiger partial charge is 0.460 e. The van der Waals surface area contributed by atoms with Gasteiger partial charge in [0.1, 0.15) is 17.2 Å². The molecular formula is C16H22F2O2. The minimum absolute atomic E-state index is 0.104. The second kappa shape index (κ2) is 6.33. The Morgan fingerprint density at radius 3 is 2.40 bits per heavy atom. The fourth-order valence-corrected chi connectivity index (χ4v) is 2.18. The van der Waals surface area contributed by atoms with Crippen LogP contribution in [0, 0.1) is 11.6 Å². The van der Waals surface area contributed by atoms with Crippen molar-refractivity contribution in [3.63, 3.8) is 0 Å². The standard InChI is InChI=1S/C16H22F2O2/c1-6-12-13(8-11(17)9-14(12)18)10(2)7-15(19)20-16(3,4)5/h8-10H,6-7H2,1-5H3. The zero-order valence-corrected chi connectivity index (χ0v) is 12.7. The van der Waals surface area contributed by atoms with E-state index in [0.29, 0.717) is 17.5 Å². The van der Waals surface area contributed by atoms with Gasteiger partial charge in [0.05, 0.1) is 6.42 Å². The van der Waals surface area contributed by atoms with E-state index >= 15 is 0 Å². The van der Waals surface area contributed by atoms with Crippen LogP contribution in [-0.2, 0) is 16.0 Å². The second-order valence-electron chi connectivity index (χ2n) is 6.00. The third-order valence-corrected chi connectivity index (χ3v) is 2.97. The van der Waals surface area contributed by atoms with Crippen molar-refractivity contribution in [1.29, 1.82) is 0 Å². The molecule has 0 radical (unpaired) electrons. The molecule has 0 fully saturated rings. The van der Waals surface area contributed by atoms with Crippen molar-refractivity contribution >= 4 is 5.97 Å². The minimum Gasteiger partial charge on any atom is -0.460 e. The molecule has 0 aromatic heterocycles. The van der Waals surface area contributed by atoms with Crippen LogP contribution in [0.4, 0.5) is 8.78 Å². The second-order valence-corrected chi connectivity index (χ2v) is 6.00. The van der Waals surface area contributed by atoms with Crippen LogP contribution in [0.25, 0.3) is 0 Å². The highest BCUT2D eigenvalue weighted by molar-refractivity contribution is 5.71. The van der Waals surface area contributed by atoms with E-state index in [4.69, 9.17) is 4.74 Å². The number of carbonyl (C=O) groups excluding carboxylic acids is 1. The molecule has 4 heteroatoms. The van der Waals surface area contributed by atoms with Gasteiger partial charge < -0.3 is 4.74 Å². The predicted octanol–water partition coefficient (Wildman–Crippen LogP) is 4.36. The monoisotopic (exact) mass is 284 g/mol. The number of rotatable bonds is 4. The van der Waals surface area contributed by atoms with Gasteiger partial charge in [0.25, 0.3) is 0 Å². The van der Waals surface area contributed by atoms with Crippen LogP contribution in [-0.4, -0.2) is 11.6 Å². The zero-order valence-electron chi connectivity index (χ0n) is 12.7. The Morgan fingerprint density at radius 1 is 1.30 bits per heavy atom. The van der Waals surface area contributed by atoms with Gasteiger partial charge in [-0.15, -0.1) is 0 Å². The van der Waals surface area contributed by atoms with Crippen molar-refractivity contribution in [3.8, 4) is 0 Å². The predicted molar refractivity (Wildman–Crippen MR) is 74.6 cm³/mol. The Labute approximate surface area is 119 Å². The lowest BCUT2D eigenvalue weighted by Gasteiger charge is -2.22. The molecule has 0 aliphatic heterocycles. The highest BCUT2D eigenvalue weighted by Gasteiger charge is 2.22. The van der Waals surface area contributed by atoms with E-state index in [-0.39, 0.29) is 18.3 Å². The fourth-order valence-electron chi connectivity index (χ4n) is 2.18. The molecule has 0 saturated heterocycles. The molecule has 0 aliphatic carbocycles. The average Bonchev–Trinajstić information content (AvgIpc) is 2.24. The Balaban J connectivity index is 2.92. The summed E-state index contributed by atoms with van der Waals surface area (Å²) in [6.07, 6.45) is 0.563. The van der Waals surface area contributed by atoms with Crippen LogP contribution in [0.1, 0.15) is 58.1 Å². The molecule has 0 saturated carbocycles. The molecule has 1 aromatic carbocycles. The third-order valence-electron chi connectivity index (χ3n) is 2.97. The average molecular weight is 284 g/mol. The molecule has 0 heterocycles. The lowest BCUT2D eigenvalue weighted by molar-refractivity contribution is -0.155. The summed E-state index contributed by atoms with van der Waals surface area (Å²) in [4.78, 5) is 11.8. The molecule has 1 aromatic rings. The van der Waals surface area contributed by atoms with Crippen LogP contribution in [0.2, 0.25) is 0 Å². The van der Waals surface area contributed by atoms with Crippen LogP contribution in [0.5, 0.6) is 0 Å². The molecule has 112 valence electrons. The zero-order chi connectivity index (χ0) is 15.5. The van der Waals surface area contributed by atoms with Gasteiger partial charge in [-0.1, -0.05) is 13.8 Å². The van der Waals surface area contributed by atoms with E-state index in [0.717, 1.165) is 6.07 Å². The van der Waals surface area contributed by atoms with Crippen LogP contribution in [0.15, 0.2) is 12.1 Å². The number of hydrogen-bond acceptors (Lipinski definition) is 2. The van der Waals surface area contributed by atoms with E-state index in [1.165, 1.54) is 6.07 Å². The maximum atomic E-state index is 13.7. The van der Waals surface area contributed by atoms with Gasteiger partial charge in [0, 0.05) is 6.07 Å². The first-order valence-electron chi connectivity index (χ1n) is 6.83. The van der Waals surface area contributed by atoms with Gasteiger partial charge in [-0.2, -0.15) is 0 Å². The molecular weight excluding hydrogens is 262 g/mol. The number of esters is 1. The number of hydrogen-bond donors (Lipinski definition) is 0. The topological polar surface area (TPSA) is 26.3 Å². The van der Waals surface area contributed by atoms with E-state index in [2.05, 4.69) is 0 Å². The molecule has 0 spiro atoms. The summed E-state index contributed by atoms with van der Waals surface area (Å²) in [6.45, 7) is 8.94. The SMILES string of the molecule is CCc1c(F)cc(F)cc1C(C)CC(=O)OC(C)(C)C. The highest BCUT2D eigenvalue weighted by Crippen LogP contribution is 2.27. The van der Waals surface area contributed by atoms with Gasteiger partial charge in [0.15, 0.2) is 0 Å². The van der Waals surface area contributed by atoms with Gasteiger partial charge in [-0.3, -0.25) is 4.79 Å². The summed E-state index contributed by atoms with van der Waals surface area (Å²) in [6, 6.07) is 2.18.